The van der Waals surface area contributed by atoms with Gasteiger partial charge in [0.25, 0.3) is 10.0 Å². The highest BCUT2D eigenvalue weighted by Crippen LogP contribution is 2.43. The lowest BCUT2D eigenvalue weighted by Crippen LogP contribution is -2.19. The van der Waals surface area contributed by atoms with Gasteiger partial charge in [-0.05, 0) is 42.5 Å². The summed E-state index contributed by atoms with van der Waals surface area (Å²) in [5.74, 6) is 1.33. The third kappa shape index (κ3) is 4.50. The van der Waals surface area contributed by atoms with Crippen LogP contribution in [-0.2, 0) is 21.3 Å². The van der Waals surface area contributed by atoms with E-state index >= 15 is 0 Å². The van der Waals surface area contributed by atoms with Gasteiger partial charge in [0.2, 0.25) is 0 Å². The molecule has 182 valence electrons. The zero-order valence-corrected chi connectivity index (χ0v) is 20.3. The minimum absolute atomic E-state index is 0.0575. The predicted octanol–water partition coefficient (Wildman–Crippen LogP) is 4.12. The number of benzene rings is 3. The van der Waals surface area contributed by atoms with Gasteiger partial charge in [-0.15, -0.1) is 0 Å². The van der Waals surface area contributed by atoms with Crippen molar-refractivity contribution in [2.75, 3.05) is 24.3 Å². The van der Waals surface area contributed by atoms with E-state index in [4.69, 9.17) is 18.9 Å². The summed E-state index contributed by atoms with van der Waals surface area (Å²) in [6.07, 6.45) is 0. The van der Waals surface area contributed by atoms with Gasteiger partial charge in [-0.3, -0.25) is 4.72 Å². The fourth-order valence-corrected chi connectivity index (χ4v) is 5.62. The maximum atomic E-state index is 12.9. The molecule has 3 aromatic carbocycles. The van der Waals surface area contributed by atoms with E-state index in [-0.39, 0.29) is 15.8 Å². The Labute approximate surface area is 205 Å². The van der Waals surface area contributed by atoms with Crippen LogP contribution in [0, 0.1) is 0 Å². The summed E-state index contributed by atoms with van der Waals surface area (Å²) >= 11 is 1.18. The molecule has 0 radical (unpaired) electrons. The zero-order valence-electron chi connectivity index (χ0n) is 18.6. The quantitative estimate of drug-likeness (QED) is 0.317. The Kier molecular flexibility index (Phi) is 6.01. The van der Waals surface area contributed by atoms with Gasteiger partial charge in [0.15, 0.2) is 28.1 Å². The van der Waals surface area contributed by atoms with Crippen LogP contribution in [0.1, 0.15) is 5.56 Å². The number of sulfonamides is 1. The number of methoxy groups -OCH3 is 2. The second-order valence-electron chi connectivity index (χ2n) is 7.47. The summed E-state index contributed by atoms with van der Waals surface area (Å²) in [7, 11) is -0.932. The fraction of sp³-hybridized carbons (Fsp3) is 0.174. The maximum Gasteiger partial charge on any atom is 0.360 e. The van der Waals surface area contributed by atoms with Crippen LogP contribution in [-0.4, -0.2) is 39.2 Å². The molecule has 3 N–H and O–H groups in total. The second kappa shape index (κ2) is 9.13. The number of nitrogens with one attached hydrogen (secondary N) is 2. The molecule has 0 amide bonds. The molecule has 5 rings (SSSR count). The van der Waals surface area contributed by atoms with Gasteiger partial charge in [0.05, 0.1) is 16.7 Å². The van der Waals surface area contributed by atoms with Crippen LogP contribution in [0.5, 0.6) is 23.0 Å². The van der Waals surface area contributed by atoms with Crippen LogP contribution >= 0.6 is 11.3 Å². The number of phenols is 1. The van der Waals surface area contributed by atoms with Crippen LogP contribution in [0.15, 0.2) is 59.5 Å². The zero-order chi connectivity index (χ0) is 24.6. The van der Waals surface area contributed by atoms with Crippen molar-refractivity contribution in [2.45, 2.75) is 17.9 Å². The molecular formula is C23H21N3O7S2. The molecule has 0 saturated heterocycles. The first-order valence-corrected chi connectivity index (χ1v) is 12.7. The van der Waals surface area contributed by atoms with Crippen molar-refractivity contribution >= 4 is 42.4 Å². The number of ether oxygens (including phenoxy) is 4. The SMILES string of the molecule is COc1cccc(CNc2ccc(S(=O)(=O)Nc3nc4c5c(ccc4s3)OC(OC)O5)cc2)c1O. The third-order valence-electron chi connectivity index (χ3n) is 5.28. The van der Waals surface area contributed by atoms with Gasteiger partial charge in [0, 0.05) is 24.9 Å². The minimum Gasteiger partial charge on any atom is -0.504 e. The predicted molar refractivity (Wildman–Crippen MR) is 131 cm³/mol. The van der Waals surface area contributed by atoms with Crippen LogP contribution in [0.2, 0.25) is 0 Å². The van der Waals surface area contributed by atoms with E-state index < -0.39 is 16.5 Å². The third-order valence-corrected chi connectivity index (χ3v) is 7.70. The van der Waals surface area contributed by atoms with Gasteiger partial charge >= 0.3 is 6.48 Å². The number of rotatable bonds is 8. The summed E-state index contributed by atoms with van der Waals surface area (Å²) in [6, 6.07) is 15.0. The van der Waals surface area contributed by atoms with Crippen LogP contribution in [0.4, 0.5) is 10.8 Å². The normalized spacial score (nSPS) is 14.7. The van der Waals surface area contributed by atoms with Crippen molar-refractivity contribution in [3.8, 4) is 23.0 Å². The molecule has 1 aliphatic rings. The van der Waals surface area contributed by atoms with Crippen molar-refractivity contribution in [3.63, 3.8) is 0 Å². The van der Waals surface area contributed by atoms with E-state index in [0.29, 0.717) is 40.6 Å². The highest BCUT2D eigenvalue weighted by Gasteiger charge is 2.28. The van der Waals surface area contributed by atoms with Gasteiger partial charge < -0.3 is 29.4 Å². The van der Waals surface area contributed by atoms with Crippen LogP contribution < -0.4 is 24.2 Å². The molecule has 1 aromatic heterocycles. The standard InChI is InChI=1S/C23H21N3O7S2/c1-30-16-5-3-4-13(20(16)27)12-24-14-6-8-15(9-7-14)35(28,29)26-22-25-19-18(34-22)11-10-17-21(19)33-23(31-2)32-17/h3-11,23-24,27H,12H2,1-2H3,(H,25,26). The molecule has 10 nitrogen and oxygen atoms in total. The molecule has 0 aliphatic carbocycles. The lowest BCUT2D eigenvalue weighted by molar-refractivity contribution is -0.157. The summed E-state index contributed by atoms with van der Waals surface area (Å²) in [5.41, 5.74) is 1.83. The monoisotopic (exact) mass is 515 g/mol. The Bertz CT molecular complexity index is 1490. The molecule has 12 heteroatoms. The average Bonchev–Trinajstić information content (AvgIpc) is 3.46. The molecule has 0 fully saturated rings. The largest absolute Gasteiger partial charge is 0.504 e. The van der Waals surface area contributed by atoms with Crippen molar-refractivity contribution in [3.05, 3.63) is 60.2 Å². The lowest BCUT2D eigenvalue weighted by Gasteiger charge is -2.11. The smallest absolute Gasteiger partial charge is 0.360 e. The van der Waals surface area contributed by atoms with E-state index in [1.165, 1.54) is 37.7 Å². The highest BCUT2D eigenvalue weighted by atomic mass is 32.2. The number of para-hydroxylation sites is 1. The topological polar surface area (TPSA) is 128 Å². The Hall–Kier alpha value is -3.74. The number of aromatic nitrogens is 1. The number of hydrogen-bond donors (Lipinski definition) is 3. The summed E-state index contributed by atoms with van der Waals surface area (Å²) in [6.45, 7) is -0.531. The van der Waals surface area contributed by atoms with Gasteiger partial charge in [0.1, 0.15) is 5.52 Å². The first-order valence-electron chi connectivity index (χ1n) is 10.4. The Balaban J connectivity index is 1.29. The highest BCUT2D eigenvalue weighted by molar-refractivity contribution is 7.93. The van der Waals surface area contributed by atoms with E-state index in [2.05, 4.69) is 15.0 Å². The summed E-state index contributed by atoms with van der Waals surface area (Å²) in [5, 5.41) is 13.6. The van der Waals surface area contributed by atoms with Crippen molar-refractivity contribution in [1.29, 1.82) is 0 Å². The Morgan fingerprint density at radius 1 is 1.09 bits per heavy atom. The first-order chi connectivity index (χ1) is 16.9. The molecule has 4 aromatic rings. The average molecular weight is 516 g/mol. The first kappa shape index (κ1) is 23.0. The number of fused-ring (bicyclic) bond motifs is 3. The Morgan fingerprint density at radius 3 is 2.63 bits per heavy atom. The number of aromatic hydroxyl groups is 1. The van der Waals surface area contributed by atoms with E-state index in [0.717, 1.165) is 4.70 Å². The Morgan fingerprint density at radius 2 is 1.89 bits per heavy atom. The molecule has 0 saturated carbocycles. The van der Waals surface area contributed by atoms with Crippen LogP contribution in [0.3, 0.4) is 0 Å². The minimum atomic E-state index is -3.87. The number of nitrogens with zero attached hydrogens (tertiary/aromatic N) is 1. The van der Waals surface area contributed by atoms with E-state index in [9.17, 15) is 13.5 Å². The van der Waals surface area contributed by atoms with E-state index in [1.807, 2.05) is 0 Å². The van der Waals surface area contributed by atoms with Crippen LogP contribution in [0.25, 0.3) is 10.2 Å². The van der Waals surface area contributed by atoms with Gasteiger partial charge in [-0.2, -0.15) is 0 Å². The van der Waals surface area contributed by atoms with Crippen molar-refractivity contribution in [2.24, 2.45) is 0 Å². The van der Waals surface area contributed by atoms with Crippen molar-refractivity contribution in [1.82, 2.24) is 4.98 Å². The molecule has 1 unspecified atom stereocenters. The summed E-state index contributed by atoms with van der Waals surface area (Å²) < 4.78 is 50.3. The molecule has 35 heavy (non-hydrogen) atoms. The fourth-order valence-electron chi connectivity index (χ4n) is 3.52. The number of phenolic OH excluding ortho intramolecular Hbond substituents is 1. The molecular weight excluding hydrogens is 494 g/mol. The molecule has 0 bridgehead atoms. The molecule has 1 atom stereocenters. The van der Waals surface area contributed by atoms with Crippen molar-refractivity contribution < 1.29 is 32.5 Å². The van der Waals surface area contributed by atoms with Gasteiger partial charge in [-0.25, -0.2) is 13.4 Å². The number of thiazole rings is 1. The number of hydrogen-bond acceptors (Lipinski definition) is 10. The maximum absolute atomic E-state index is 12.9. The van der Waals surface area contributed by atoms with Gasteiger partial charge in [-0.1, -0.05) is 23.5 Å². The van der Waals surface area contributed by atoms with E-state index in [1.54, 1.807) is 42.5 Å². The molecule has 0 spiro atoms. The lowest BCUT2D eigenvalue weighted by atomic mass is 10.2. The number of anilines is 2. The molecule has 1 aliphatic heterocycles. The second-order valence-corrected chi connectivity index (χ2v) is 10.2. The summed E-state index contributed by atoms with van der Waals surface area (Å²) in [4.78, 5) is 4.47. The molecule has 2 heterocycles.